The van der Waals surface area contributed by atoms with Gasteiger partial charge in [-0.3, -0.25) is 0 Å². The maximum Gasteiger partial charge on any atom is 0.125 e. The highest BCUT2D eigenvalue weighted by atomic mass is 16.3. The topological polar surface area (TPSA) is 45.4 Å². The van der Waals surface area contributed by atoms with Gasteiger partial charge in [0.2, 0.25) is 0 Å². The van der Waals surface area contributed by atoms with Gasteiger partial charge in [-0.1, -0.05) is 6.07 Å². The Balaban J connectivity index is 2.86. The number of fused-ring (bicyclic) bond motifs is 1. The number of rotatable bonds is 2. The van der Waals surface area contributed by atoms with E-state index < -0.39 is 5.60 Å². The number of aromatic nitrogens is 1. The maximum atomic E-state index is 10.2. The molecule has 0 saturated heterocycles. The van der Waals surface area contributed by atoms with E-state index in [0.717, 1.165) is 16.5 Å². The second-order valence-electron chi connectivity index (χ2n) is 5.27. The lowest BCUT2D eigenvalue weighted by atomic mass is 9.97. The number of phenolic OH excluding ortho intramolecular Hbond substituents is 1. The van der Waals surface area contributed by atoms with Crippen molar-refractivity contribution in [2.24, 2.45) is 0 Å². The van der Waals surface area contributed by atoms with Crippen molar-refractivity contribution in [3.05, 3.63) is 30.0 Å². The van der Waals surface area contributed by atoms with Gasteiger partial charge in [0.15, 0.2) is 0 Å². The predicted molar refractivity (Wildman–Crippen MR) is 69.2 cm³/mol. The van der Waals surface area contributed by atoms with Crippen LogP contribution in [-0.4, -0.2) is 14.8 Å². The van der Waals surface area contributed by atoms with Crippen molar-refractivity contribution in [1.82, 2.24) is 4.57 Å². The van der Waals surface area contributed by atoms with Crippen LogP contribution in [-0.2, 0) is 5.60 Å². The highest BCUT2D eigenvalue weighted by Gasteiger charge is 2.24. The van der Waals surface area contributed by atoms with Crippen LogP contribution in [0.15, 0.2) is 24.4 Å². The second kappa shape index (κ2) is 3.77. The van der Waals surface area contributed by atoms with Crippen LogP contribution < -0.4 is 0 Å². The van der Waals surface area contributed by atoms with Crippen molar-refractivity contribution in [3.8, 4) is 5.75 Å². The molecule has 3 heteroatoms. The molecule has 1 aromatic carbocycles. The van der Waals surface area contributed by atoms with Crippen molar-refractivity contribution in [2.45, 2.75) is 39.3 Å². The van der Waals surface area contributed by atoms with E-state index >= 15 is 0 Å². The van der Waals surface area contributed by atoms with Crippen LogP contribution in [0.3, 0.4) is 0 Å². The van der Waals surface area contributed by atoms with Crippen molar-refractivity contribution >= 4 is 10.9 Å². The number of aromatic hydroxyl groups is 1. The Hall–Kier alpha value is -1.48. The normalized spacial score (nSPS) is 12.6. The van der Waals surface area contributed by atoms with Crippen LogP contribution in [0.25, 0.3) is 10.9 Å². The van der Waals surface area contributed by atoms with Crippen molar-refractivity contribution in [2.75, 3.05) is 0 Å². The van der Waals surface area contributed by atoms with E-state index in [1.54, 1.807) is 19.9 Å². The Bertz CT molecular complexity index is 547. The molecule has 0 unspecified atom stereocenters. The molecular weight excluding hydrogens is 214 g/mol. The third-order valence-corrected chi connectivity index (χ3v) is 3.05. The first-order valence-electron chi connectivity index (χ1n) is 5.87. The van der Waals surface area contributed by atoms with Gasteiger partial charge in [0.1, 0.15) is 5.75 Å². The fourth-order valence-electron chi connectivity index (χ4n) is 2.18. The summed E-state index contributed by atoms with van der Waals surface area (Å²) in [6.45, 7) is 7.63. The first-order chi connectivity index (χ1) is 7.82. The lowest BCUT2D eigenvalue weighted by Gasteiger charge is -2.16. The van der Waals surface area contributed by atoms with E-state index in [2.05, 4.69) is 18.4 Å². The monoisotopic (exact) mass is 233 g/mol. The molecule has 2 N–H and O–H groups in total. The van der Waals surface area contributed by atoms with Gasteiger partial charge >= 0.3 is 0 Å². The summed E-state index contributed by atoms with van der Waals surface area (Å²) in [4.78, 5) is 0. The third kappa shape index (κ3) is 1.91. The fraction of sp³-hybridized carbons (Fsp3) is 0.429. The Labute approximate surface area is 101 Å². The van der Waals surface area contributed by atoms with Crippen LogP contribution >= 0.6 is 0 Å². The number of aliphatic hydroxyl groups is 1. The van der Waals surface area contributed by atoms with Gasteiger partial charge in [0.25, 0.3) is 0 Å². The smallest absolute Gasteiger partial charge is 0.125 e. The standard InChI is InChI=1S/C14H19NO2/c1-9(2)15-8-10(14(3,4)17)13-11(15)6-5-7-12(13)16/h5-9,16-17H,1-4H3. The molecule has 0 aliphatic rings. The highest BCUT2D eigenvalue weighted by Crippen LogP contribution is 2.36. The molecule has 17 heavy (non-hydrogen) atoms. The van der Waals surface area contributed by atoms with E-state index in [-0.39, 0.29) is 11.8 Å². The summed E-state index contributed by atoms with van der Waals surface area (Å²) in [6.07, 6.45) is 1.93. The van der Waals surface area contributed by atoms with Gasteiger partial charge < -0.3 is 14.8 Å². The third-order valence-electron chi connectivity index (χ3n) is 3.05. The number of benzene rings is 1. The molecule has 1 aromatic heterocycles. The molecule has 0 amide bonds. The van der Waals surface area contributed by atoms with Gasteiger partial charge in [0, 0.05) is 23.2 Å². The fourth-order valence-corrected chi connectivity index (χ4v) is 2.18. The van der Waals surface area contributed by atoms with Crippen molar-refractivity contribution < 1.29 is 10.2 Å². The summed E-state index contributed by atoms with van der Waals surface area (Å²) in [5.74, 6) is 0.221. The van der Waals surface area contributed by atoms with Crippen LogP contribution in [0, 0.1) is 0 Å². The first-order valence-corrected chi connectivity index (χ1v) is 5.87. The minimum absolute atomic E-state index is 0.221. The second-order valence-corrected chi connectivity index (χ2v) is 5.27. The average molecular weight is 233 g/mol. The van der Waals surface area contributed by atoms with Crippen LogP contribution in [0.5, 0.6) is 5.75 Å². The highest BCUT2D eigenvalue weighted by molar-refractivity contribution is 5.90. The van der Waals surface area contributed by atoms with Crippen LogP contribution in [0.4, 0.5) is 0 Å². The molecule has 0 saturated carbocycles. The number of nitrogens with zero attached hydrogens (tertiary/aromatic N) is 1. The number of hydrogen-bond acceptors (Lipinski definition) is 2. The molecule has 0 fully saturated rings. The zero-order valence-corrected chi connectivity index (χ0v) is 10.7. The molecule has 0 bridgehead atoms. The van der Waals surface area contributed by atoms with E-state index in [1.807, 2.05) is 18.3 Å². The van der Waals surface area contributed by atoms with Gasteiger partial charge in [0.05, 0.1) is 11.1 Å². The average Bonchev–Trinajstić information content (AvgIpc) is 2.57. The lowest BCUT2D eigenvalue weighted by Crippen LogP contribution is -2.14. The summed E-state index contributed by atoms with van der Waals surface area (Å²) < 4.78 is 2.07. The van der Waals surface area contributed by atoms with Crippen molar-refractivity contribution in [3.63, 3.8) is 0 Å². The summed E-state index contributed by atoms with van der Waals surface area (Å²) in [7, 11) is 0. The van der Waals surface area contributed by atoms with Crippen LogP contribution in [0.1, 0.15) is 39.3 Å². The Morgan fingerprint density at radius 2 is 1.88 bits per heavy atom. The molecule has 0 aliphatic heterocycles. The van der Waals surface area contributed by atoms with E-state index in [1.165, 1.54) is 0 Å². The molecule has 1 heterocycles. The van der Waals surface area contributed by atoms with Gasteiger partial charge in [-0.05, 0) is 39.8 Å². The Morgan fingerprint density at radius 3 is 2.41 bits per heavy atom. The summed E-state index contributed by atoms with van der Waals surface area (Å²) >= 11 is 0. The Morgan fingerprint density at radius 1 is 1.24 bits per heavy atom. The molecule has 92 valence electrons. The van der Waals surface area contributed by atoms with Crippen molar-refractivity contribution in [1.29, 1.82) is 0 Å². The lowest BCUT2D eigenvalue weighted by molar-refractivity contribution is 0.0798. The minimum Gasteiger partial charge on any atom is -0.507 e. The zero-order valence-electron chi connectivity index (χ0n) is 10.7. The quantitative estimate of drug-likeness (QED) is 0.837. The van der Waals surface area contributed by atoms with Crippen LogP contribution in [0.2, 0.25) is 0 Å². The molecule has 0 aliphatic carbocycles. The molecule has 0 radical (unpaired) electrons. The number of phenols is 1. The zero-order chi connectivity index (χ0) is 12.8. The van der Waals surface area contributed by atoms with Gasteiger partial charge in [-0.25, -0.2) is 0 Å². The summed E-state index contributed by atoms with van der Waals surface area (Å²) in [5, 5.41) is 20.9. The molecule has 0 spiro atoms. The molecule has 2 rings (SSSR count). The van der Waals surface area contributed by atoms with Gasteiger partial charge in [-0.2, -0.15) is 0 Å². The maximum absolute atomic E-state index is 10.2. The SMILES string of the molecule is CC(C)n1cc(C(C)(C)O)c2c(O)cccc21. The Kier molecular flexibility index (Phi) is 2.66. The largest absolute Gasteiger partial charge is 0.507 e. The first kappa shape index (κ1) is 12.0. The van der Waals surface area contributed by atoms with Gasteiger partial charge in [-0.15, -0.1) is 0 Å². The molecule has 0 atom stereocenters. The summed E-state index contributed by atoms with van der Waals surface area (Å²) in [5.41, 5.74) is 0.758. The molecular formula is C14H19NO2. The minimum atomic E-state index is -0.961. The van der Waals surface area contributed by atoms with E-state index in [0.29, 0.717) is 0 Å². The molecule has 2 aromatic rings. The predicted octanol–water partition coefficient (Wildman–Crippen LogP) is 3.16. The van der Waals surface area contributed by atoms with E-state index in [9.17, 15) is 10.2 Å². The summed E-state index contributed by atoms with van der Waals surface area (Å²) in [6, 6.07) is 5.73. The van der Waals surface area contributed by atoms with E-state index in [4.69, 9.17) is 0 Å². The molecule has 3 nitrogen and oxygen atoms in total. The number of hydrogen-bond donors (Lipinski definition) is 2.